The maximum Gasteiger partial charge on any atom is 0.274 e. The summed E-state index contributed by atoms with van der Waals surface area (Å²) in [5.41, 5.74) is 6.24. The van der Waals surface area contributed by atoms with Gasteiger partial charge < -0.3 is 0 Å². The van der Waals surface area contributed by atoms with E-state index in [4.69, 9.17) is 4.84 Å². The number of amides is 1. The molecule has 1 amide bonds. The zero-order valence-electron chi connectivity index (χ0n) is 12.6. The third-order valence-corrected chi connectivity index (χ3v) is 3.50. The van der Waals surface area contributed by atoms with Crippen molar-refractivity contribution in [1.82, 2.24) is 5.48 Å². The van der Waals surface area contributed by atoms with Crippen LogP contribution in [0.15, 0.2) is 84.9 Å². The minimum absolute atomic E-state index is 0.249. The van der Waals surface area contributed by atoms with Crippen LogP contribution in [0.25, 0.3) is 11.1 Å². The average Bonchev–Trinajstić information content (AvgIpc) is 2.63. The van der Waals surface area contributed by atoms with Crippen molar-refractivity contribution >= 4 is 5.91 Å². The molecule has 3 heteroatoms. The number of nitrogens with one attached hydrogen (secondary N) is 1. The molecule has 3 aromatic rings. The van der Waals surface area contributed by atoms with Crippen LogP contribution in [0.2, 0.25) is 0 Å². The van der Waals surface area contributed by atoms with Crippen LogP contribution in [0.5, 0.6) is 0 Å². The quantitative estimate of drug-likeness (QED) is 0.717. The van der Waals surface area contributed by atoms with E-state index in [2.05, 4.69) is 5.48 Å². The Labute approximate surface area is 135 Å². The lowest BCUT2D eigenvalue weighted by Gasteiger charge is -2.07. The summed E-state index contributed by atoms with van der Waals surface area (Å²) in [4.78, 5) is 17.3. The van der Waals surface area contributed by atoms with Gasteiger partial charge in [-0.15, -0.1) is 0 Å². The second-order valence-electron chi connectivity index (χ2n) is 5.15. The van der Waals surface area contributed by atoms with Crippen molar-refractivity contribution in [3.63, 3.8) is 0 Å². The van der Waals surface area contributed by atoms with E-state index in [0.29, 0.717) is 12.2 Å². The monoisotopic (exact) mass is 303 g/mol. The molecular formula is C20H17NO2. The molecule has 0 aliphatic rings. The molecule has 0 saturated heterocycles. The molecule has 0 atom stereocenters. The summed E-state index contributed by atoms with van der Waals surface area (Å²) in [6.07, 6.45) is 0. The molecule has 3 aromatic carbocycles. The minimum atomic E-state index is -0.249. The molecule has 0 aliphatic heterocycles. The zero-order chi connectivity index (χ0) is 15.9. The Morgan fingerprint density at radius 3 is 1.96 bits per heavy atom. The van der Waals surface area contributed by atoms with Gasteiger partial charge in [0.1, 0.15) is 0 Å². The van der Waals surface area contributed by atoms with E-state index in [-0.39, 0.29) is 5.91 Å². The number of benzene rings is 3. The van der Waals surface area contributed by atoms with Crippen LogP contribution in [-0.2, 0) is 11.4 Å². The van der Waals surface area contributed by atoms with Crippen LogP contribution in [-0.4, -0.2) is 5.91 Å². The molecule has 0 bridgehead atoms. The van der Waals surface area contributed by atoms with Gasteiger partial charge in [-0.2, -0.15) is 0 Å². The van der Waals surface area contributed by atoms with Gasteiger partial charge in [-0.3, -0.25) is 9.63 Å². The Balaban J connectivity index is 1.58. The lowest BCUT2D eigenvalue weighted by Crippen LogP contribution is -2.23. The van der Waals surface area contributed by atoms with Crippen molar-refractivity contribution in [2.75, 3.05) is 0 Å². The summed E-state index contributed by atoms with van der Waals surface area (Å²) in [6, 6.07) is 27.2. The fourth-order valence-electron chi connectivity index (χ4n) is 2.26. The molecule has 0 unspecified atom stereocenters. The van der Waals surface area contributed by atoms with E-state index in [0.717, 1.165) is 16.7 Å². The molecular weight excluding hydrogens is 286 g/mol. The van der Waals surface area contributed by atoms with Crippen LogP contribution < -0.4 is 5.48 Å². The third kappa shape index (κ3) is 4.05. The molecule has 23 heavy (non-hydrogen) atoms. The summed E-state index contributed by atoms with van der Waals surface area (Å²) < 4.78 is 0. The van der Waals surface area contributed by atoms with Crippen LogP contribution in [0.1, 0.15) is 15.9 Å². The Morgan fingerprint density at radius 2 is 1.30 bits per heavy atom. The maximum absolute atomic E-state index is 12.0. The van der Waals surface area contributed by atoms with Gasteiger partial charge in [0, 0.05) is 5.56 Å². The Kier molecular flexibility index (Phi) is 4.82. The predicted octanol–water partition coefficient (Wildman–Crippen LogP) is 4.22. The third-order valence-electron chi connectivity index (χ3n) is 3.50. The standard InChI is InChI=1S/C20H17NO2/c22-20(21-23-15-16-7-3-1-4-8-16)19-13-11-18(12-14-19)17-9-5-2-6-10-17/h1-14H,15H2,(H,21,22). The van der Waals surface area contributed by atoms with Gasteiger partial charge >= 0.3 is 0 Å². The van der Waals surface area contributed by atoms with Gasteiger partial charge in [0.05, 0.1) is 6.61 Å². The first kappa shape index (κ1) is 15.0. The van der Waals surface area contributed by atoms with Crippen LogP contribution in [0, 0.1) is 0 Å². The molecule has 0 aromatic heterocycles. The summed E-state index contributed by atoms with van der Waals surface area (Å²) in [5.74, 6) is -0.249. The topological polar surface area (TPSA) is 38.3 Å². The van der Waals surface area contributed by atoms with Crippen molar-refractivity contribution < 1.29 is 9.63 Å². The lowest BCUT2D eigenvalue weighted by atomic mass is 10.0. The summed E-state index contributed by atoms with van der Waals surface area (Å²) in [6.45, 7) is 0.342. The van der Waals surface area contributed by atoms with Gasteiger partial charge in [-0.1, -0.05) is 72.8 Å². The molecule has 0 fully saturated rings. The van der Waals surface area contributed by atoms with Crippen LogP contribution in [0.3, 0.4) is 0 Å². The van der Waals surface area contributed by atoms with E-state index in [9.17, 15) is 4.79 Å². The maximum atomic E-state index is 12.0. The van der Waals surface area contributed by atoms with Crippen molar-refractivity contribution in [3.05, 3.63) is 96.1 Å². The van der Waals surface area contributed by atoms with E-state index >= 15 is 0 Å². The van der Waals surface area contributed by atoms with E-state index in [1.54, 1.807) is 12.1 Å². The summed E-state index contributed by atoms with van der Waals surface area (Å²) >= 11 is 0. The van der Waals surface area contributed by atoms with Crippen LogP contribution >= 0.6 is 0 Å². The molecule has 0 heterocycles. The molecule has 0 saturated carbocycles. The van der Waals surface area contributed by atoms with Gasteiger partial charge in [0.25, 0.3) is 5.91 Å². The summed E-state index contributed by atoms with van der Waals surface area (Å²) in [5, 5.41) is 0. The fraction of sp³-hybridized carbons (Fsp3) is 0.0500. The Bertz CT molecular complexity index is 753. The molecule has 114 valence electrons. The SMILES string of the molecule is O=C(NOCc1ccccc1)c1ccc(-c2ccccc2)cc1. The molecule has 1 N–H and O–H groups in total. The van der Waals surface area contributed by atoms with E-state index in [1.807, 2.05) is 72.8 Å². The van der Waals surface area contributed by atoms with Crippen molar-refractivity contribution in [3.8, 4) is 11.1 Å². The molecule has 3 nitrogen and oxygen atoms in total. The van der Waals surface area contributed by atoms with Crippen molar-refractivity contribution in [2.45, 2.75) is 6.61 Å². The smallest absolute Gasteiger partial charge is 0.269 e. The van der Waals surface area contributed by atoms with Crippen molar-refractivity contribution in [1.29, 1.82) is 0 Å². The highest BCUT2D eigenvalue weighted by Gasteiger charge is 2.06. The molecule has 3 rings (SSSR count). The second-order valence-corrected chi connectivity index (χ2v) is 5.15. The highest BCUT2D eigenvalue weighted by molar-refractivity contribution is 5.93. The van der Waals surface area contributed by atoms with Gasteiger partial charge in [-0.05, 0) is 28.8 Å². The molecule has 0 radical (unpaired) electrons. The van der Waals surface area contributed by atoms with Gasteiger partial charge in [0.15, 0.2) is 0 Å². The van der Waals surface area contributed by atoms with Crippen molar-refractivity contribution in [2.24, 2.45) is 0 Å². The fourth-order valence-corrected chi connectivity index (χ4v) is 2.26. The number of hydrogen-bond donors (Lipinski definition) is 1. The number of hydroxylamine groups is 1. The molecule has 0 spiro atoms. The second kappa shape index (κ2) is 7.38. The Morgan fingerprint density at radius 1 is 0.739 bits per heavy atom. The number of carbonyl (C=O) groups is 1. The number of hydrogen-bond acceptors (Lipinski definition) is 2. The van der Waals surface area contributed by atoms with Gasteiger partial charge in [-0.25, -0.2) is 5.48 Å². The first-order chi connectivity index (χ1) is 11.3. The minimum Gasteiger partial charge on any atom is -0.269 e. The first-order valence-electron chi connectivity index (χ1n) is 7.44. The van der Waals surface area contributed by atoms with E-state index < -0.39 is 0 Å². The average molecular weight is 303 g/mol. The number of carbonyl (C=O) groups excluding carboxylic acids is 1. The number of rotatable bonds is 5. The lowest BCUT2D eigenvalue weighted by molar-refractivity contribution is 0.0233. The summed E-state index contributed by atoms with van der Waals surface area (Å²) in [7, 11) is 0. The van der Waals surface area contributed by atoms with Crippen LogP contribution in [0.4, 0.5) is 0 Å². The highest BCUT2D eigenvalue weighted by atomic mass is 16.6. The first-order valence-corrected chi connectivity index (χ1v) is 7.44. The normalized spacial score (nSPS) is 10.3. The van der Waals surface area contributed by atoms with Gasteiger partial charge in [0.2, 0.25) is 0 Å². The Hall–Kier alpha value is -2.91. The largest absolute Gasteiger partial charge is 0.274 e. The predicted molar refractivity (Wildman–Crippen MR) is 90.6 cm³/mol. The van der Waals surface area contributed by atoms with E-state index in [1.165, 1.54) is 0 Å². The highest BCUT2D eigenvalue weighted by Crippen LogP contribution is 2.19. The zero-order valence-corrected chi connectivity index (χ0v) is 12.6. The molecule has 0 aliphatic carbocycles.